The summed E-state index contributed by atoms with van der Waals surface area (Å²) in [5.74, 6) is 0.712. The number of ether oxygens (including phenoxy) is 2. The molecule has 4 rings (SSSR count). The molecule has 0 bridgehead atoms. The van der Waals surface area contributed by atoms with Gasteiger partial charge in [-0.2, -0.15) is 0 Å². The highest BCUT2D eigenvalue weighted by Crippen LogP contribution is 2.21. The molecule has 0 fully saturated rings. The van der Waals surface area contributed by atoms with Crippen molar-refractivity contribution in [2.24, 2.45) is 4.99 Å². The number of unbranched alkanes of at least 4 members (excludes halogenated alkanes) is 2. The number of carbonyl (C=O) groups excluding carboxylic acids is 1. The van der Waals surface area contributed by atoms with E-state index in [-0.39, 0.29) is 0 Å². The van der Waals surface area contributed by atoms with Gasteiger partial charge in [-0.1, -0.05) is 82.0 Å². The van der Waals surface area contributed by atoms with Gasteiger partial charge < -0.3 is 9.47 Å². The highest BCUT2D eigenvalue weighted by molar-refractivity contribution is 9.10. The average Bonchev–Trinajstić information content (AvgIpc) is 3.19. The van der Waals surface area contributed by atoms with Gasteiger partial charge in [-0.3, -0.25) is 0 Å². The summed E-state index contributed by atoms with van der Waals surface area (Å²) < 4.78 is 13.1. The first-order valence-corrected chi connectivity index (χ1v) is 12.4. The Morgan fingerprint density at radius 3 is 2.15 bits per heavy atom. The number of cyclic esters (lactones) is 1. The molecular weight excluding hydrogens is 546 g/mol. The quantitative estimate of drug-likeness (QED) is 0.165. The molecule has 0 spiro atoms. The zero-order valence-electron chi connectivity index (χ0n) is 18.3. The Labute approximate surface area is 211 Å². The summed E-state index contributed by atoms with van der Waals surface area (Å²) in [4.78, 5) is 16.4. The molecule has 4 nitrogen and oxygen atoms in total. The Morgan fingerprint density at radius 2 is 1.55 bits per heavy atom. The third-order valence-corrected chi connectivity index (χ3v) is 5.70. The van der Waals surface area contributed by atoms with Crippen molar-refractivity contribution in [2.75, 3.05) is 6.61 Å². The van der Waals surface area contributed by atoms with Crippen molar-refractivity contribution in [1.82, 2.24) is 0 Å². The lowest BCUT2D eigenvalue weighted by molar-refractivity contribution is -0.129. The van der Waals surface area contributed by atoms with Crippen molar-refractivity contribution in [1.29, 1.82) is 0 Å². The van der Waals surface area contributed by atoms with E-state index in [4.69, 9.17) is 9.47 Å². The van der Waals surface area contributed by atoms with E-state index < -0.39 is 5.97 Å². The fraction of sp³-hybridized carbons (Fsp3) is 0.185. The van der Waals surface area contributed by atoms with Crippen LogP contribution >= 0.6 is 31.9 Å². The van der Waals surface area contributed by atoms with Gasteiger partial charge in [-0.25, -0.2) is 9.79 Å². The lowest BCUT2D eigenvalue weighted by atomic mass is 10.2. The predicted octanol–water partition coefficient (Wildman–Crippen LogP) is 7.81. The van der Waals surface area contributed by atoms with Gasteiger partial charge in [0.05, 0.1) is 6.61 Å². The number of rotatable bonds is 7. The Kier molecular flexibility index (Phi) is 9.91. The molecule has 0 atom stereocenters. The Hall–Kier alpha value is -2.70. The van der Waals surface area contributed by atoms with Gasteiger partial charge in [0.25, 0.3) is 0 Å². The first kappa shape index (κ1) is 24.9. The molecule has 0 N–H and O–H groups in total. The molecular formula is C27H25Br2NO3. The van der Waals surface area contributed by atoms with Crippen LogP contribution in [-0.2, 0) is 9.53 Å². The number of nitrogens with zero attached hydrogens (tertiary/aromatic N) is 1. The second-order valence-corrected chi connectivity index (χ2v) is 9.09. The van der Waals surface area contributed by atoms with E-state index in [0.29, 0.717) is 11.6 Å². The number of hydrogen-bond donors (Lipinski definition) is 0. The molecule has 0 amide bonds. The zero-order chi connectivity index (χ0) is 23.5. The minimum absolute atomic E-state index is 0.291. The van der Waals surface area contributed by atoms with Crippen LogP contribution < -0.4 is 4.74 Å². The average molecular weight is 571 g/mol. The fourth-order valence-corrected chi connectivity index (χ4v) is 3.47. The van der Waals surface area contributed by atoms with E-state index in [2.05, 4.69) is 43.8 Å². The molecule has 0 radical (unpaired) electrons. The Bertz CT molecular complexity index is 1090. The van der Waals surface area contributed by atoms with Gasteiger partial charge >= 0.3 is 5.97 Å². The van der Waals surface area contributed by atoms with Gasteiger partial charge in [0.1, 0.15) is 5.75 Å². The molecule has 1 heterocycles. The molecule has 6 heteroatoms. The summed E-state index contributed by atoms with van der Waals surface area (Å²) in [7, 11) is 0. The van der Waals surface area contributed by atoms with Crippen molar-refractivity contribution in [3.05, 3.63) is 105 Å². The molecule has 0 aromatic heterocycles. The van der Waals surface area contributed by atoms with Crippen molar-refractivity contribution >= 4 is 49.8 Å². The van der Waals surface area contributed by atoms with E-state index in [1.165, 1.54) is 12.8 Å². The molecule has 0 aliphatic carbocycles. The van der Waals surface area contributed by atoms with Gasteiger partial charge in [-0.15, -0.1) is 0 Å². The molecule has 1 aliphatic heterocycles. The molecule has 0 unspecified atom stereocenters. The van der Waals surface area contributed by atoms with E-state index in [1.807, 2.05) is 78.9 Å². The number of aliphatic imine (C=N–C) groups is 1. The number of benzene rings is 3. The van der Waals surface area contributed by atoms with Crippen LogP contribution in [0, 0.1) is 0 Å². The minimum atomic E-state index is -0.442. The third kappa shape index (κ3) is 8.30. The maximum atomic E-state index is 12.1. The molecule has 0 saturated carbocycles. The van der Waals surface area contributed by atoms with Crippen molar-refractivity contribution in [3.63, 3.8) is 0 Å². The van der Waals surface area contributed by atoms with Gasteiger partial charge in [0.2, 0.25) is 5.90 Å². The topological polar surface area (TPSA) is 47.9 Å². The van der Waals surface area contributed by atoms with E-state index in [9.17, 15) is 4.79 Å². The summed E-state index contributed by atoms with van der Waals surface area (Å²) in [6.45, 7) is 2.89. The largest absolute Gasteiger partial charge is 0.494 e. The number of carbonyl (C=O) groups is 1. The monoisotopic (exact) mass is 569 g/mol. The van der Waals surface area contributed by atoms with Crippen LogP contribution in [0.5, 0.6) is 5.75 Å². The molecule has 170 valence electrons. The van der Waals surface area contributed by atoms with Crippen molar-refractivity contribution in [3.8, 4) is 5.75 Å². The second-order valence-electron chi connectivity index (χ2n) is 7.26. The standard InChI is InChI=1S/C21H20BrNO3.C6H5Br/c1-2-3-4-13-25-18-11-5-15(6-12-18)14-19-21(24)26-20(23-19)16-7-9-17(22)10-8-16;7-6-4-2-1-3-5-6/h5-12,14H,2-4,13H2,1H3;1-5H/b19-14+;. The van der Waals surface area contributed by atoms with Crippen LogP contribution in [0.3, 0.4) is 0 Å². The van der Waals surface area contributed by atoms with Gasteiger partial charge in [-0.05, 0) is 66.6 Å². The Morgan fingerprint density at radius 1 is 0.879 bits per heavy atom. The van der Waals surface area contributed by atoms with Crippen molar-refractivity contribution < 1.29 is 14.3 Å². The first-order valence-electron chi connectivity index (χ1n) is 10.8. The summed E-state index contributed by atoms with van der Waals surface area (Å²) in [5, 5.41) is 0. The van der Waals surface area contributed by atoms with E-state index in [1.54, 1.807) is 6.08 Å². The first-order chi connectivity index (χ1) is 16.0. The SMILES string of the molecule is Brc1ccccc1.CCCCCOc1ccc(/C=C2/N=C(c3ccc(Br)cc3)OC2=O)cc1. The summed E-state index contributed by atoms with van der Waals surface area (Å²) >= 11 is 6.69. The van der Waals surface area contributed by atoms with Crippen LogP contribution in [0.2, 0.25) is 0 Å². The second kappa shape index (κ2) is 13.1. The molecule has 1 aliphatic rings. The van der Waals surface area contributed by atoms with Crippen LogP contribution in [0.1, 0.15) is 37.3 Å². The van der Waals surface area contributed by atoms with Crippen LogP contribution in [0.4, 0.5) is 0 Å². The highest BCUT2D eigenvalue weighted by atomic mass is 79.9. The Balaban J connectivity index is 0.000000374. The molecule has 3 aromatic rings. The predicted molar refractivity (Wildman–Crippen MR) is 140 cm³/mol. The molecule has 33 heavy (non-hydrogen) atoms. The zero-order valence-corrected chi connectivity index (χ0v) is 21.5. The lowest BCUT2D eigenvalue weighted by Crippen LogP contribution is -2.05. The van der Waals surface area contributed by atoms with Crippen LogP contribution in [-0.4, -0.2) is 18.5 Å². The summed E-state index contributed by atoms with van der Waals surface area (Å²) in [6, 6.07) is 25.0. The van der Waals surface area contributed by atoms with Crippen LogP contribution in [0.25, 0.3) is 6.08 Å². The van der Waals surface area contributed by atoms with Gasteiger partial charge in [0.15, 0.2) is 5.70 Å². The smallest absolute Gasteiger partial charge is 0.363 e. The van der Waals surface area contributed by atoms with Crippen LogP contribution in [0.15, 0.2) is 98.5 Å². The number of esters is 1. The fourth-order valence-electron chi connectivity index (χ4n) is 2.90. The van der Waals surface area contributed by atoms with E-state index in [0.717, 1.165) is 38.8 Å². The molecule has 3 aromatic carbocycles. The number of hydrogen-bond acceptors (Lipinski definition) is 4. The van der Waals surface area contributed by atoms with Crippen molar-refractivity contribution in [2.45, 2.75) is 26.2 Å². The summed E-state index contributed by atoms with van der Waals surface area (Å²) in [6.07, 6.45) is 5.12. The normalized spacial score (nSPS) is 13.7. The minimum Gasteiger partial charge on any atom is -0.494 e. The maximum Gasteiger partial charge on any atom is 0.363 e. The third-order valence-electron chi connectivity index (χ3n) is 4.64. The lowest BCUT2D eigenvalue weighted by Gasteiger charge is -2.05. The number of halogens is 2. The van der Waals surface area contributed by atoms with Gasteiger partial charge in [0, 0.05) is 14.5 Å². The highest BCUT2D eigenvalue weighted by Gasteiger charge is 2.24. The maximum absolute atomic E-state index is 12.1. The summed E-state index contributed by atoms with van der Waals surface area (Å²) in [5.41, 5.74) is 1.93. The molecule has 0 saturated heterocycles. The van der Waals surface area contributed by atoms with E-state index >= 15 is 0 Å².